The van der Waals surface area contributed by atoms with Crippen molar-refractivity contribution in [3.8, 4) is 0 Å². The Labute approximate surface area is 118 Å². The SMILES string of the molecule is CCc1ccc(NC(=O)N2CC(C(C)C(=O)O)C2)cc1. The largest absolute Gasteiger partial charge is 0.481 e. The zero-order chi connectivity index (χ0) is 14.7. The maximum absolute atomic E-state index is 12.0. The molecule has 0 bridgehead atoms. The van der Waals surface area contributed by atoms with Gasteiger partial charge >= 0.3 is 12.0 Å². The van der Waals surface area contributed by atoms with Gasteiger partial charge in [-0.15, -0.1) is 0 Å². The van der Waals surface area contributed by atoms with Gasteiger partial charge in [0, 0.05) is 24.7 Å². The number of carboxylic acids is 1. The predicted molar refractivity (Wildman–Crippen MR) is 76.7 cm³/mol. The van der Waals surface area contributed by atoms with Crippen molar-refractivity contribution in [3.05, 3.63) is 29.8 Å². The topological polar surface area (TPSA) is 69.6 Å². The summed E-state index contributed by atoms with van der Waals surface area (Å²) in [5, 5.41) is 11.7. The average Bonchev–Trinajstić information content (AvgIpc) is 2.37. The fourth-order valence-electron chi connectivity index (χ4n) is 2.22. The first-order valence-corrected chi connectivity index (χ1v) is 6.89. The summed E-state index contributed by atoms with van der Waals surface area (Å²) in [5.74, 6) is -1.14. The monoisotopic (exact) mass is 276 g/mol. The highest BCUT2D eigenvalue weighted by molar-refractivity contribution is 5.90. The third-order valence-corrected chi connectivity index (χ3v) is 3.91. The van der Waals surface area contributed by atoms with Crippen LogP contribution in [-0.2, 0) is 11.2 Å². The fourth-order valence-corrected chi connectivity index (χ4v) is 2.22. The van der Waals surface area contributed by atoms with Crippen LogP contribution in [-0.4, -0.2) is 35.1 Å². The van der Waals surface area contributed by atoms with Crippen LogP contribution < -0.4 is 5.32 Å². The summed E-state index contributed by atoms with van der Waals surface area (Å²) in [7, 11) is 0. The molecule has 20 heavy (non-hydrogen) atoms. The van der Waals surface area contributed by atoms with E-state index < -0.39 is 11.9 Å². The molecule has 5 heteroatoms. The normalized spacial score (nSPS) is 16.4. The van der Waals surface area contributed by atoms with Gasteiger partial charge in [0.1, 0.15) is 0 Å². The first kappa shape index (κ1) is 14.4. The zero-order valence-corrected chi connectivity index (χ0v) is 11.8. The molecule has 0 aliphatic carbocycles. The van der Waals surface area contributed by atoms with Gasteiger partial charge in [0.25, 0.3) is 0 Å². The Kier molecular flexibility index (Phi) is 4.27. The highest BCUT2D eigenvalue weighted by Crippen LogP contribution is 2.24. The fraction of sp³-hybridized carbons (Fsp3) is 0.467. The molecule has 1 heterocycles. The Balaban J connectivity index is 1.83. The number of hydrogen-bond donors (Lipinski definition) is 2. The minimum atomic E-state index is -0.801. The molecule has 1 aliphatic heterocycles. The molecule has 2 rings (SSSR count). The predicted octanol–water partition coefficient (Wildman–Crippen LogP) is 2.43. The number of likely N-dealkylation sites (tertiary alicyclic amines) is 1. The molecule has 1 aromatic rings. The number of carbonyl (C=O) groups excluding carboxylic acids is 1. The van der Waals surface area contributed by atoms with Gasteiger partial charge in [-0.25, -0.2) is 4.79 Å². The molecule has 1 unspecified atom stereocenters. The molecule has 0 spiro atoms. The van der Waals surface area contributed by atoms with Crippen LogP contribution in [0.5, 0.6) is 0 Å². The van der Waals surface area contributed by atoms with Crippen molar-refractivity contribution in [1.29, 1.82) is 0 Å². The van der Waals surface area contributed by atoms with Crippen molar-refractivity contribution in [3.63, 3.8) is 0 Å². The van der Waals surface area contributed by atoms with Crippen LogP contribution >= 0.6 is 0 Å². The average molecular weight is 276 g/mol. The van der Waals surface area contributed by atoms with Crippen molar-refractivity contribution >= 4 is 17.7 Å². The van der Waals surface area contributed by atoms with Crippen molar-refractivity contribution in [2.45, 2.75) is 20.3 Å². The number of carbonyl (C=O) groups is 2. The van der Waals surface area contributed by atoms with E-state index in [4.69, 9.17) is 5.11 Å². The summed E-state index contributed by atoms with van der Waals surface area (Å²) in [4.78, 5) is 24.4. The molecule has 0 aromatic heterocycles. The number of anilines is 1. The highest BCUT2D eigenvalue weighted by atomic mass is 16.4. The Morgan fingerprint density at radius 2 is 1.95 bits per heavy atom. The van der Waals surface area contributed by atoms with Gasteiger partial charge in [-0.2, -0.15) is 0 Å². The summed E-state index contributed by atoms with van der Waals surface area (Å²) < 4.78 is 0. The Bertz CT molecular complexity index is 492. The minimum absolute atomic E-state index is 0.0562. The van der Waals surface area contributed by atoms with Crippen LogP contribution in [0.1, 0.15) is 19.4 Å². The molecule has 108 valence electrons. The van der Waals surface area contributed by atoms with Crippen LogP contribution in [0.15, 0.2) is 24.3 Å². The standard InChI is InChI=1S/C15H20N2O3/c1-3-11-4-6-13(7-5-11)16-15(20)17-8-12(9-17)10(2)14(18)19/h4-7,10,12H,3,8-9H2,1-2H3,(H,16,20)(H,18,19). The third-order valence-electron chi connectivity index (χ3n) is 3.91. The number of aliphatic carboxylic acids is 1. The van der Waals surface area contributed by atoms with Crippen molar-refractivity contribution in [2.24, 2.45) is 11.8 Å². The minimum Gasteiger partial charge on any atom is -0.481 e. The van der Waals surface area contributed by atoms with Gasteiger partial charge in [0.2, 0.25) is 0 Å². The smallest absolute Gasteiger partial charge is 0.321 e. The Hall–Kier alpha value is -2.04. The first-order chi connectivity index (χ1) is 9.51. The summed E-state index contributed by atoms with van der Waals surface area (Å²) in [6.07, 6.45) is 0.967. The van der Waals surface area contributed by atoms with Gasteiger partial charge in [0.15, 0.2) is 0 Å². The number of urea groups is 1. The lowest BCUT2D eigenvalue weighted by atomic mass is 9.87. The quantitative estimate of drug-likeness (QED) is 0.887. The molecular weight excluding hydrogens is 256 g/mol. The zero-order valence-electron chi connectivity index (χ0n) is 11.8. The van der Waals surface area contributed by atoms with Gasteiger partial charge in [-0.3, -0.25) is 4.79 Å². The van der Waals surface area contributed by atoms with Gasteiger partial charge < -0.3 is 15.3 Å². The van der Waals surface area contributed by atoms with E-state index >= 15 is 0 Å². The van der Waals surface area contributed by atoms with Crippen LogP contribution in [0.25, 0.3) is 0 Å². The summed E-state index contributed by atoms with van der Waals surface area (Å²) in [6.45, 7) is 4.78. The maximum Gasteiger partial charge on any atom is 0.321 e. The van der Waals surface area contributed by atoms with Gasteiger partial charge in [0.05, 0.1) is 5.92 Å². The Morgan fingerprint density at radius 3 is 2.45 bits per heavy atom. The van der Waals surface area contributed by atoms with E-state index in [1.807, 2.05) is 24.3 Å². The molecule has 1 saturated heterocycles. The first-order valence-electron chi connectivity index (χ1n) is 6.89. The molecule has 1 aliphatic rings. The maximum atomic E-state index is 12.0. The van der Waals surface area contributed by atoms with Crippen LogP contribution in [0, 0.1) is 11.8 Å². The molecule has 2 N–H and O–H groups in total. The molecule has 1 aromatic carbocycles. The number of hydrogen-bond acceptors (Lipinski definition) is 2. The van der Waals surface area contributed by atoms with E-state index in [9.17, 15) is 9.59 Å². The summed E-state index contributed by atoms with van der Waals surface area (Å²) in [5.41, 5.74) is 1.99. The molecular formula is C15H20N2O3. The molecule has 1 fully saturated rings. The lowest BCUT2D eigenvalue weighted by Gasteiger charge is -2.41. The second-order valence-corrected chi connectivity index (χ2v) is 5.27. The van der Waals surface area contributed by atoms with Gasteiger partial charge in [-0.05, 0) is 24.1 Å². The van der Waals surface area contributed by atoms with E-state index in [-0.39, 0.29) is 11.9 Å². The van der Waals surface area contributed by atoms with Crippen LogP contribution in [0.3, 0.4) is 0 Å². The Morgan fingerprint density at radius 1 is 1.35 bits per heavy atom. The number of amides is 2. The van der Waals surface area contributed by atoms with Crippen molar-refractivity contribution in [2.75, 3.05) is 18.4 Å². The van der Waals surface area contributed by atoms with Crippen LogP contribution in [0.2, 0.25) is 0 Å². The highest BCUT2D eigenvalue weighted by Gasteiger charge is 2.37. The number of nitrogens with one attached hydrogen (secondary N) is 1. The number of rotatable bonds is 4. The molecule has 5 nitrogen and oxygen atoms in total. The second kappa shape index (κ2) is 5.94. The molecule has 2 amide bonds. The van der Waals surface area contributed by atoms with Crippen molar-refractivity contribution < 1.29 is 14.7 Å². The lowest BCUT2D eigenvalue weighted by Crippen LogP contribution is -2.54. The van der Waals surface area contributed by atoms with E-state index in [2.05, 4.69) is 12.2 Å². The van der Waals surface area contributed by atoms with Crippen LogP contribution in [0.4, 0.5) is 10.5 Å². The molecule has 0 radical (unpaired) electrons. The molecule has 1 atom stereocenters. The molecule has 0 saturated carbocycles. The third kappa shape index (κ3) is 3.10. The van der Waals surface area contributed by atoms with E-state index in [0.29, 0.717) is 13.1 Å². The number of nitrogens with zero attached hydrogens (tertiary/aromatic N) is 1. The van der Waals surface area contributed by atoms with Crippen molar-refractivity contribution in [1.82, 2.24) is 4.90 Å². The number of aryl methyl sites for hydroxylation is 1. The number of carboxylic acid groups (broad SMARTS) is 1. The van der Waals surface area contributed by atoms with Gasteiger partial charge in [-0.1, -0.05) is 26.0 Å². The second-order valence-electron chi connectivity index (χ2n) is 5.27. The summed E-state index contributed by atoms with van der Waals surface area (Å²) in [6, 6.07) is 7.58. The lowest BCUT2D eigenvalue weighted by molar-refractivity contribution is -0.144. The number of benzene rings is 1. The van der Waals surface area contributed by atoms with E-state index in [1.165, 1.54) is 5.56 Å². The van der Waals surface area contributed by atoms with E-state index in [1.54, 1.807) is 11.8 Å². The van der Waals surface area contributed by atoms with E-state index in [0.717, 1.165) is 12.1 Å². The summed E-state index contributed by atoms with van der Waals surface area (Å²) >= 11 is 0.